The van der Waals surface area contributed by atoms with Crippen molar-refractivity contribution >= 4 is 0 Å². The number of rotatable bonds is 6. The van der Waals surface area contributed by atoms with Gasteiger partial charge in [-0.25, -0.2) is 0 Å². The summed E-state index contributed by atoms with van der Waals surface area (Å²) < 4.78 is 1.78. The van der Waals surface area contributed by atoms with Gasteiger partial charge in [-0.1, -0.05) is 0 Å². The van der Waals surface area contributed by atoms with Crippen LogP contribution in [0.3, 0.4) is 0 Å². The van der Waals surface area contributed by atoms with Crippen LogP contribution in [0.4, 0.5) is 0 Å². The lowest BCUT2D eigenvalue weighted by Crippen LogP contribution is -2.38. The lowest BCUT2D eigenvalue weighted by atomic mass is 10.2. The van der Waals surface area contributed by atoms with Gasteiger partial charge in [0, 0.05) is 25.0 Å². The normalized spacial score (nSPS) is 20.0. The highest BCUT2D eigenvalue weighted by molar-refractivity contribution is 4.85. The number of hydrogen-bond acceptors (Lipinski definition) is 3. The van der Waals surface area contributed by atoms with Crippen LogP contribution in [0.25, 0.3) is 0 Å². The smallest absolute Gasteiger partial charge is 0.0862 e. The Balaban J connectivity index is 1.75. The van der Waals surface area contributed by atoms with Gasteiger partial charge < -0.3 is 10.0 Å². The molecule has 90 valence electrons. The quantitative estimate of drug-likeness (QED) is 0.781. The van der Waals surface area contributed by atoms with Gasteiger partial charge in [-0.15, -0.1) is 0 Å². The summed E-state index contributed by atoms with van der Waals surface area (Å²) in [5.41, 5.74) is 0. The van der Waals surface area contributed by atoms with Gasteiger partial charge in [-0.3, -0.25) is 4.68 Å². The minimum absolute atomic E-state index is 0.342. The van der Waals surface area contributed by atoms with E-state index in [2.05, 4.69) is 24.0 Å². The predicted octanol–water partition coefficient (Wildman–Crippen LogP) is 0.974. The maximum atomic E-state index is 9.94. The zero-order valence-electron chi connectivity index (χ0n) is 10.1. The number of aliphatic hydroxyl groups excluding tert-OH is 1. The van der Waals surface area contributed by atoms with Gasteiger partial charge in [0.15, 0.2) is 0 Å². The van der Waals surface area contributed by atoms with Crippen molar-refractivity contribution in [1.82, 2.24) is 14.7 Å². The number of likely N-dealkylation sites (N-methyl/N-ethyl adjacent to an activating group) is 1. The Hall–Kier alpha value is -0.870. The molecular weight excluding hydrogens is 202 g/mol. The van der Waals surface area contributed by atoms with Crippen molar-refractivity contribution in [2.75, 3.05) is 13.6 Å². The fourth-order valence-electron chi connectivity index (χ4n) is 2.12. The molecule has 1 aromatic heterocycles. The molecule has 1 aliphatic carbocycles. The Bertz CT molecular complexity index is 308. The molecule has 0 saturated heterocycles. The second-order valence-electron chi connectivity index (χ2n) is 4.90. The maximum absolute atomic E-state index is 9.94. The molecule has 0 radical (unpaired) electrons. The first-order valence-corrected chi connectivity index (χ1v) is 6.02. The van der Waals surface area contributed by atoms with Crippen molar-refractivity contribution < 1.29 is 5.11 Å². The third kappa shape index (κ3) is 3.06. The average Bonchev–Trinajstić information content (AvgIpc) is 2.97. The lowest BCUT2D eigenvalue weighted by molar-refractivity contribution is 0.0864. The van der Waals surface area contributed by atoms with Gasteiger partial charge in [0.1, 0.15) is 0 Å². The summed E-state index contributed by atoms with van der Waals surface area (Å²) in [5.74, 6) is 0.849. The first-order chi connectivity index (χ1) is 7.66. The van der Waals surface area contributed by atoms with E-state index in [-0.39, 0.29) is 6.10 Å². The fraction of sp³-hybridized carbons (Fsp3) is 0.750. The monoisotopic (exact) mass is 223 g/mol. The van der Waals surface area contributed by atoms with Crippen molar-refractivity contribution in [1.29, 1.82) is 0 Å². The molecule has 4 heteroatoms. The van der Waals surface area contributed by atoms with Crippen LogP contribution >= 0.6 is 0 Å². The van der Waals surface area contributed by atoms with Gasteiger partial charge in [-0.2, -0.15) is 5.10 Å². The molecule has 2 rings (SSSR count). The molecule has 0 spiro atoms. The summed E-state index contributed by atoms with van der Waals surface area (Å²) in [7, 11) is 2.09. The van der Waals surface area contributed by atoms with Crippen LogP contribution in [0, 0.1) is 5.92 Å². The second-order valence-corrected chi connectivity index (χ2v) is 4.90. The zero-order valence-corrected chi connectivity index (χ0v) is 10.1. The molecule has 1 N–H and O–H groups in total. The standard InChI is InChI=1S/C12H21N3O/c1-10(11-4-5-11)14(2)8-12(16)9-15-7-3-6-13-15/h3,6-7,10-12,16H,4-5,8-9H2,1-2H3. The Kier molecular flexibility index (Phi) is 3.61. The van der Waals surface area contributed by atoms with Crippen molar-refractivity contribution in [2.24, 2.45) is 5.92 Å². The summed E-state index contributed by atoms with van der Waals surface area (Å²) in [4.78, 5) is 2.26. The van der Waals surface area contributed by atoms with Crippen LogP contribution in [0.2, 0.25) is 0 Å². The molecule has 1 saturated carbocycles. The van der Waals surface area contributed by atoms with Crippen LogP contribution in [-0.4, -0.2) is 45.5 Å². The Morgan fingerprint density at radius 3 is 2.88 bits per heavy atom. The fourth-order valence-corrected chi connectivity index (χ4v) is 2.12. The highest BCUT2D eigenvalue weighted by atomic mass is 16.3. The van der Waals surface area contributed by atoms with E-state index in [0.29, 0.717) is 12.6 Å². The molecule has 1 aromatic rings. The molecule has 1 aliphatic rings. The SMILES string of the molecule is CC(C1CC1)N(C)CC(O)Cn1cccn1. The van der Waals surface area contributed by atoms with Gasteiger partial charge in [-0.05, 0) is 38.8 Å². The van der Waals surface area contributed by atoms with E-state index in [1.165, 1.54) is 12.8 Å². The van der Waals surface area contributed by atoms with E-state index in [1.54, 1.807) is 10.9 Å². The molecule has 0 bridgehead atoms. The molecule has 0 amide bonds. The van der Waals surface area contributed by atoms with E-state index >= 15 is 0 Å². The summed E-state index contributed by atoms with van der Waals surface area (Å²) in [6.45, 7) is 3.55. The van der Waals surface area contributed by atoms with Gasteiger partial charge in [0.05, 0.1) is 12.6 Å². The van der Waals surface area contributed by atoms with E-state index < -0.39 is 0 Å². The Labute approximate surface area is 96.9 Å². The van der Waals surface area contributed by atoms with Crippen molar-refractivity contribution in [3.63, 3.8) is 0 Å². The van der Waals surface area contributed by atoms with Gasteiger partial charge in [0.2, 0.25) is 0 Å². The van der Waals surface area contributed by atoms with E-state index in [0.717, 1.165) is 12.5 Å². The lowest BCUT2D eigenvalue weighted by Gasteiger charge is -2.26. The topological polar surface area (TPSA) is 41.3 Å². The van der Waals surface area contributed by atoms with E-state index in [4.69, 9.17) is 0 Å². The summed E-state index contributed by atoms with van der Waals surface area (Å²) in [6.07, 6.45) is 5.98. The van der Waals surface area contributed by atoms with Crippen LogP contribution in [-0.2, 0) is 6.54 Å². The van der Waals surface area contributed by atoms with E-state index in [9.17, 15) is 5.11 Å². The summed E-state index contributed by atoms with van der Waals surface area (Å²) in [5, 5.41) is 14.0. The van der Waals surface area contributed by atoms with Crippen molar-refractivity contribution in [3.05, 3.63) is 18.5 Å². The first-order valence-electron chi connectivity index (χ1n) is 6.02. The Morgan fingerprint density at radius 2 is 2.31 bits per heavy atom. The molecule has 1 fully saturated rings. The number of nitrogens with zero attached hydrogens (tertiary/aromatic N) is 3. The number of aromatic nitrogens is 2. The second kappa shape index (κ2) is 4.97. The van der Waals surface area contributed by atoms with Crippen molar-refractivity contribution in [3.8, 4) is 0 Å². The predicted molar refractivity (Wildman–Crippen MR) is 63.0 cm³/mol. The van der Waals surface area contributed by atoms with Crippen molar-refractivity contribution in [2.45, 2.75) is 38.5 Å². The molecule has 0 aromatic carbocycles. The van der Waals surface area contributed by atoms with Gasteiger partial charge >= 0.3 is 0 Å². The number of hydrogen-bond donors (Lipinski definition) is 1. The zero-order chi connectivity index (χ0) is 11.5. The molecule has 16 heavy (non-hydrogen) atoms. The molecular formula is C12H21N3O. The molecule has 2 atom stereocenters. The van der Waals surface area contributed by atoms with Crippen LogP contribution in [0.1, 0.15) is 19.8 Å². The molecule has 1 heterocycles. The molecule has 2 unspecified atom stereocenters. The molecule has 0 aliphatic heterocycles. The third-order valence-electron chi connectivity index (χ3n) is 3.46. The summed E-state index contributed by atoms with van der Waals surface area (Å²) in [6, 6.07) is 2.47. The minimum Gasteiger partial charge on any atom is -0.390 e. The van der Waals surface area contributed by atoms with Crippen LogP contribution in [0.5, 0.6) is 0 Å². The largest absolute Gasteiger partial charge is 0.390 e. The minimum atomic E-state index is -0.342. The number of aliphatic hydroxyl groups is 1. The first kappa shape index (κ1) is 11.6. The molecule has 4 nitrogen and oxygen atoms in total. The average molecular weight is 223 g/mol. The highest BCUT2D eigenvalue weighted by Crippen LogP contribution is 2.34. The van der Waals surface area contributed by atoms with Crippen LogP contribution in [0.15, 0.2) is 18.5 Å². The third-order valence-corrected chi connectivity index (χ3v) is 3.46. The van der Waals surface area contributed by atoms with Crippen LogP contribution < -0.4 is 0 Å². The maximum Gasteiger partial charge on any atom is 0.0862 e. The Morgan fingerprint density at radius 1 is 1.56 bits per heavy atom. The highest BCUT2D eigenvalue weighted by Gasteiger charge is 2.30. The van der Waals surface area contributed by atoms with Gasteiger partial charge in [0.25, 0.3) is 0 Å². The summed E-state index contributed by atoms with van der Waals surface area (Å²) >= 11 is 0. The van der Waals surface area contributed by atoms with E-state index in [1.807, 2.05) is 12.3 Å².